The second kappa shape index (κ2) is 8.14. The van der Waals surface area contributed by atoms with Gasteiger partial charge < -0.3 is 14.4 Å². The Labute approximate surface area is 169 Å². The van der Waals surface area contributed by atoms with Crippen LogP contribution >= 0.6 is 0 Å². The highest BCUT2D eigenvalue weighted by atomic mass is 16.6. The van der Waals surface area contributed by atoms with E-state index in [-0.39, 0.29) is 31.1 Å². The summed E-state index contributed by atoms with van der Waals surface area (Å²) in [6.07, 6.45) is -0.471. The Hall–Kier alpha value is -3.03. The first-order chi connectivity index (χ1) is 13.7. The quantitative estimate of drug-likeness (QED) is 0.736. The lowest BCUT2D eigenvalue weighted by atomic mass is 10.2. The van der Waals surface area contributed by atoms with Crippen molar-refractivity contribution in [3.05, 3.63) is 57.8 Å². The highest BCUT2D eigenvalue weighted by molar-refractivity contribution is 5.89. The number of ether oxygens (including phenoxy) is 2. The van der Waals surface area contributed by atoms with Crippen LogP contribution in [0.5, 0.6) is 0 Å². The number of hydrogen-bond acceptors (Lipinski definition) is 5. The van der Waals surface area contributed by atoms with Crippen LogP contribution in [0.4, 0.5) is 4.79 Å². The number of esters is 1. The molecule has 2 heterocycles. The van der Waals surface area contributed by atoms with E-state index in [1.165, 1.54) is 9.47 Å². The van der Waals surface area contributed by atoms with Gasteiger partial charge in [-0.05, 0) is 33.3 Å². The van der Waals surface area contributed by atoms with Crippen molar-refractivity contribution in [3.63, 3.8) is 0 Å². The molecule has 0 radical (unpaired) electrons. The van der Waals surface area contributed by atoms with E-state index in [9.17, 15) is 14.4 Å². The van der Waals surface area contributed by atoms with Gasteiger partial charge in [0.1, 0.15) is 5.60 Å². The largest absolute Gasteiger partial charge is 0.461 e. The zero-order valence-electron chi connectivity index (χ0n) is 17.3. The number of imidazole rings is 1. The predicted molar refractivity (Wildman–Crippen MR) is 107 cm³/mol. The van der Waals surface area contributed by atoms with Crippen molar-refractivity contribution >= 4 is 12.1 Å². The SMILES string of the molecule is CCOC(=O)c1c2n(c(=O)n1Cc1ccccc1)CCN(C(=O)OC(C)(C)C)C2. The number of aromatic nitrogens is 2. The Kier molecular flexibility index (Phi) is 5.81. The monoisotopic (exact) mass is 401 g/mol. The van der Waals surface area contributed by atoms with Crippen LogP contribution in [0.15, 0.2) is 35.1 Å². The summed E-state index contributed by atoms with van der Waals surface area (Å²) in [6, 6.07) is 9.44. The molecule has 0 saturated heterocycles. The number of nitrogens with zero attached hydrogens (tertiary/aromatic N) is 3. The third kappa shape index (κ3) is 4.52. The first-order valence-electron chi connectivity index (χ1n) is 9.72. The van der Waals surface area contributed by atoms with E-state index in [2.05, 4.69) is 0 Å². The number of benzene rings is 1. The predicted octanol–water partition coefficient (Wildman–Crippen LogP) is 2.63. The lowest BCUT2D eigenvalue weighted by molar-refractivity contribution is 0.0193. The van der Waals surface area contributed by atoms with Gasteiger partial charge in [-0.15, -0.1) is 0 Å². The van der Waals surface area contributed by atoms with E-state index >= 15 is 0 Å². The van der Waals surface area contributed by atoms with E-state index < -0.39 is 17.7 Å². The molecule has 8 heteroatoms. The van der Waals surface area contributed by atoms with Crippen molar-refractivity contribution in [3.8, 4) is 0 Å². The van der Waals surface area contributed by atoms with Crippen LogP contribution in [0.3, 0.4) is 0 Å². The lowest BCUT2D eigenvalue weighted by Crippen LogP contribution is -2.43. The van der Waals surface area contributed by atoms with Gasteiger partial charge in [0.05, 0.1) is 25.4 Å². The molecule has 0 aliphatic carbocycles. The number of carbonyl (C=O) groups is 2. The molecule has 29 heavy (non-hydrogen) atoms. The molecule has 1 aliphatic rings. The third-order valence-corrected chi connectivity index (χ3v) is 4.57. The van der Waals surface area contributed by atoms with Crippen LogP contribution in [0.1, 0.15) is 49.4 Å². The molecule has 1 amide bonds. The topological polar surface area (TPSA) is 82.8 Å². The molecule has 156 valence electrons. The van der Waals surface area contributed by atoms with Gasteiger partial charge in [-0.2, -0.15) is 0 Å². The van der Waals surface area contributed by atoms with Crippen LogP contribution in [-0.4, -0.2) is 44.8 Å². The molecule has 8 nitrogen and oxygen atoms in total. The van der Waals surface area contributed by atoms with Crippen molar-refractivity contribution in [2.24, 2.45) is 0 Å². The van der Waals surface area contributed by atoms with E-state index in [4.69, 9.17) is 9.47 Å². The summed E-state index contributed by atoms with van der Waals surface area (Å²) in [7, 11) is 0. The molecule has 0 N–H and O–H groups in total. The maximum absolute atomic E-state index is 13.0. The Balaban J connectivity index is 2.00. The molecule has 0 fully saturated rings. The average Bonchev–Trinajstić information content (AvgIpc) is 2.93. The van der Waals surface area contributed by atoms with Crippen LogP contribution in [0.25, 0.3) is 0 Å². The molecular formula is C21H27N3O5. The molecule has 1 aliphatic heterocycles. The highest BCUT2D eigenvalue weighted by Crippen LogP contribution is 2.20. The van der Waals surface area contributed by atoms with Crippen molar-refractivity contribution in [2.45, 2.75) is 52.9 Å². The zero-order chi connectivity index (χ0) is 21.2. The van der Waals surface area contributed by atoms with E-state index in [1.807, 2.05) is 30.3 Å². The molecule has 1 aromatic carbocycles. The number of carbonyl (C=O) groups excluding carboxylic acids is 2. The maximum Gasteiger partial charge on any atom is 0.410 e. The minimum absolute atomic E-state index is 0.111. The van der Waals surface area contributed by atoms with Gasteiger partial charge in [0.15, 0.2) is 5.69 Å². The van der Waals surface area contributed by atoms with E-state index in [0.29, 0.717) is 18.8 Å². The average molecular weight is 401 g/mol. The first kappa shape index (κ1) is 20.7. The number of fused-ring (bicyclic) bond motifs is 1. The molecule has 0 atom stereocenters. The van der Waals surface area contributed by atoms with Crippen molar-refractivity contribution in [2.75, 3.05) is 13.2 Å². The van der Waals surface area contributed by atoms with Gasteiger partial charge in [-0.1, -0.05) is 30.3 Å². The molecule has 3 rings (SSSR count). The van der Waals surface area contributed by atoms with Crippen LogP contribution in [0, 0.1) is 0 Å². The van der Waals surface area contributed by atoms with Crippen molar-refractivity contribution in [1.29, 1.82) is 0 Å². The Bertz CT molecular complexity index is 953. The summed E-state index contributed by atoms with van der Waals surface area (Å²) in [5, 5.41) is 0. The molecule has 0 bridgehead atoms. The third-order valence-electron chi connectivity index (χ3n) is 4.57. The summed E-state index contributed by atoms with van der Waals surface area (Å²) in [5.41, 5.74) is 0.649. The van der Waals surface area contributed by atoms with Crippen LogP contribution in [0.2, 0.25) is 0 Å². The molecular weight excluding hydrogens is 374 g/mol. The maximum atomic E-state index is 13.0. The Morgan fingerprint density at radius 3 is 2.41 bits per heavy atom. The molecule has 0 spiro atoms. The molecule has 0 unspecified atom stereocenters. The van der Waals surface area contributed by atoms with Gasteiger partial charge in [-0.3, -0.25) is 9.13 Å². The van der Waals surface area contributed by atoms with Crippen LogP contribution in [-0.2, 0) is 29.1 Å². The minimum Gasteiger partial charge on any atom is -0.461 e. The second-order valence-corrected chi connectivity index (χ2v) is 7.92. The number of rotatable bonds is 4. The smallest absolute Gasteiger partial charge is 0.410 e. The molecule has 2 aromatic rings. The standard InChI is InChI=1S/C21H27N3O5/c1-5-28-18(25)17-16-14-22(20(27)29-21(2,3)4)11-12-23(16)19(26)24(17)13-15-9-7-6-8-10-15/h6-10H,5,11-14H2,1-4H3. The number of amides is 1. The highest BCUT2D eigenvalue weighted by Gasteiger charge is 2.33. The molecule has 0 saturated carbocycles. The van der Waals surface area contributed by atoms with Crippen molar-refractivity contribution in [1.82, 2.24) is 14.0 Å². The van der Waals surface area contributed by atoms with Crippen molar-refractivity contribution < 1.29 is 19.1 Å². The Morgan fingerprint density at radius 1 is 1.10 bits per heavy atom. The minimum atomic E-state index is -0.628. The van der Waals surface area contributed by atoms with Crippen LogP contribution < -0.4 is 5.69 Å². The fourth-order valence-electron chi connectivity index (χ4n) is 3.33. The molecule has 1 aromatic heterocycles. The van der Waals surface area contributed by atoms with Gasteiger partial charge >= 0.3 is 17.8 Å². The summed E-state index contributed by atoms with van der Waals surface area (Å²) in [6.45, 7) is 8.29. The van der Waals surface area contributed by atoms with E-state index in [1.54, 1.807) is 32.3 Å². The lowest BCUT2D eigenvalue weighted by Gasteiger charge is -2.30. The van der Waals surface area contributed by atoms with Gasteiger partial charge in [0.2, 0.25) is 0 Å². The summed E-state index contributed by atoms with van der Waals surface area (Å²) < 4.78 is 13.6. The zero-order valence-corrected chi connectivity index (χ0v) is 17.3. The number of hydrogen-bond donors (Lipinski definition) is 0. The summed E-state index contributed by atoms with van der Waals surface area (Å²) >= 11 is 0. The summed E-state index contributed by atoms with van der Waals surface area (Å²) in [5.74, 6) is -0.569. The second-order valence-electron chi connectivity index (χ2n) is 7.92. The van der Waals surface area contributed by atoms with E-state index in [0.717, 1.165) is 5.56 Å². The fraction of sp³-hybridized carbons (Fsp3) is 0.476. The summed E-state index contributed by atoms with van der Waals surface area (Å²) in [4.78, 5) is 39.8. The first-order valence-corrected chi connectivity index (χ1v) is 9.72. The van der Waals surface area contributed by atoms with Gasteiger partial charge in [0.25, 0.3) is 0 Å². The van der Waals surface area contributed by atoms with Gasteiger partial charge in [-0.25, -0.2) is 14.4 Å². The normalized spacial score (nSPS) is 13.7. The fourth-order valence-corrected chi connectivity index (χ4v) is 3.33. The Morgan fingerprint density at radius 2 is 1.79 bits per heavy atom. The van der Waals surface area contributed by atoms with Gasteiger partial charge in [0, 0.05) is 13.1 Å².